The molecule has 0 aromatic heterocycles. The van der Waals surface area contributed by atoms with Crippen LogP contribution in [0.2, 0.25) is 0 Å². The Hall–Kier alpha value is -2.95. The van der Waals surface area contributed by atoms with Gasteiger partial charge in [-0.15, -0.1) is 0 Å². The lowest BCUT2D eigenvalue weighted by atomic mass is 9.81. The maximum absolute atomic E-state index is 12.9. The van der Waals surface area contributed by atoms with Gasteiger partial charge in [0.1, 0.15) is 5.75 Å². The minimum Gasteiger partial charge on any atom is -0.423 e. The van der Waals surface area contributed by atoms with Gasteiger partial charge in [0, 0.05) is 0 Å². The number of anilines is 1. The Morgan fingerprint density at radius 3 is 2.04 bits per heavy atom. The van der Waals surface area contributed by atoms with Crippen molar-refractivity contribution in [2.24, 2.45) is 23.7 Å². The first-order valence-corrected chi connectivity index (χ1v) is 9.79. The van der Waals surface area contributed by atoms with Gasteiger partial charge in [-0.1, -0.05) is 17.7 Å². The van der Waals surface area contributed by atoms with Crippen LogP contribution >= 0.6 is 0 Å². The van der Waals surface area contributed by atoms with E-state index >= 15 is 0 Å². The number of carbonyl (C=O) groups is 3. The van der Waals surface area contributed by atoms with Gasteiger partial charge in [-0.2, -0.15) is 0 Å². The van der Waals surface area contributed by atoms with Crippen LogP contribution in [0.15, 0.2) is 48.5 Å². The first-order chi connectivity index (χ1) is 13.5. The largest absolute Gasteiger partial charge is 0.423 e. The molecule has 0 unspecified atom stereocenters. The van der Waals surface area contributed by atoms with E-state index < -0.39 is 5.97 Å². The highest BCUT2D eigenvalue weighted by atomic mass is 16.5. The normalized spacial score (nSPS) is 28.0. The summed E-state index contributed by atoms with van der Waals surface area (Å²) >= 11 is 0. The molecule has 2 bridgehead atoms. The number of hydrogen-bond donors (Lipinski definition) is 0. The van der Waals surface area contributed by atoms with E-state index in [0.29, 0.717) is 28.8 Å². The number of fused-ring (bicyclic) bond motifs is 5. The zero-order valence-corrected chi connectivity index (χ0v) is 15.6. The highest BCUT2D eigenvalue weighted by molar-refractivity contribution is 6.22. The molecule has 2 aliphatic carbocycles. The van der Waals surface area contributed by atoms with Gasteiger partial charge in [0.05, 0.1) is 23.1 Å². The molecule has 2 aromatic carbocycles. The van der Waals surface area contributed by atoms with E-state index in [1.807, 2.05) is 19.1 Å². The van der Waals surface area contributed by atoms with Gasteiger partial charge < -0.3 is 4.74 Å². The molecule has 1 saturated heterocycles. The molecule has 3 fully saturated rings. The van der Waals surface area contributed by atoms with Crippen LogP contribution in [0.3, 0.4) is 0 Å². The molecule has 1 aliphatic heterocycles. The topological polar surface area (TPSA) is 63.7 Å². The number of hydrogen-bond acceptors (Lipinski definition) is 4. The lowest BCUT2D eigenvalue weighted by Crippen LogP contribution is -2.32. The number of rotatable bonds is 3. The summed E-state index contributed by atoms with van der Waals surface area (Å²) in [4.78, 5) is 39.4. The Morgan fingerprint density at radius 2 is 1.46 bits per heavy atom. The molecule has 2 aromatic rings. The van der Waals surface area contributed by atoms with E-state index in [1.165, 1.54) is 4.90 Å². The molecule has 0 spiro atoms. The van der Waals surface area contributed by atoms with Gasteiger partial charge in [0.15, 0.2) is 0 Å². The van der Waals surface area contributed by atoms with Crippen molar-refractivity contribution in [3.8, 4) is 5.75 Å². The second-order valence-corrected chi connectivity index (χ2v) is 8.15. The van der Waals surface area contributed by atoms with Crippen molar-refractivity contribution in [3.05, 3.63) is 59.7 Å². The van der Waals surface area contributed by atoms with Crippen LogP contribution in [-0.4, -0.2) is 17.8 Å². The second-order valence-electron chi connectivity index (χ2n) is 8.15. The van der Waals surface area contributed by atoms with Gasteiger partial charge in [0.2, 0.25) is 11.8 Å². The van der Waals surface area contributed by atoms with Crippen LogP contribution in [0.25, 0.3) is 0 Å². The molecular formula is C23H21NO4. The Bertz CT molecular complexity index is 935. The number of esters is 1. The van der Waals surface area contributed by atoms with Gasteiger partial charge in [0.25, 0.3) is 0 Å². The summed E-state index contributed by atoms with van der Waals surface area (Å²) in [5.41, 5.74) is 2.00. The van der Waals surface area contributed by atoms with Crippen LogP contribution in [0, 0.1) is 30.6 Å². The fourth-order valence-corrected chi connectivity index (χ4v) is 5.18. The zero-order valence-electron chi connectivity index (χ0n) is 15.6. The van der Waals surface area contributed by atoms with Crippen LogP contribution in [0.5, 0.6) is 5.75 Å². The van der Waals surface area contributed by atoms with Gasteiger partial charge >= 0.3 is 5.97 Å². The molecule has 0 N–H and O–H groups in total. The van der Waals surface area contributed by atoms with Crippen molar-refractivity contribution in [3.63, 3.8) is 0 Å². The highest BCUT2D eigenvalue weighted by Crippen LogP contribution is 2.56. The summed E-state index contributed by atoms with van der Waals surface area (Å²) in [6, 6.07) is 13.8. The SMILES string of the molecule is Cc1ccc(OC(=O)c2ccc(N3C(=O)[C@H]4[C@@H]5CC[C@@H](C5)[C@@H]4C3=O)cc2)cc1. The summed E-state index contributed by atoms with van der Waals surface area (Å²) in [6.07, 6.45) is 3.13. The summed E-state index contributed by atoms with van der Waals surface area (Å²) < 4.78 is 5.37. The third-order valence-corrected chi connectivity index (χ3v) is 6.52. The van der Waals surface area contributed by atoms with E-state index in [-0.39, 0.29) is 23.7 Å². The molecule has 5 rings (SSSR count). The standard InChI is InChI=1S/C23H21NO4/c1-13-2-10-18(11-3-13)28-23(27)14-6-8-17(9-7-14)24-21(25)19-15-4-5-16(12-15)20(19)22(24)26/h2-3,6-11,15-16,19-20H,4-5,12H2,1H3/t15-,16+,19-,20-/m0/s1. The molecule has 5 heteroatoms. The Kier molecular flexibility index (Phi) is 3.86. The number of amides is 2. The van der Waals surface area contributed by atoms with E-state index in [0.717, 1.165) is 24.8 Å². The van der Waals surface area contributed by atoms with Gasteiger partial charge in [-0.05, 0) is 74.4 Å². The van der Waals surface area contributed by atoms with Crippen molar-refractivity contribution in [2.75, 3.05) is 4.90 Å². The average molecular weight is 375 g/mol. The van der Waals surface area contributed by atoms with E-state index in [9.17, 15) is 14.4 Å². The maximum atomic E-state index is 12.9. The molecule has 0 radical (unpaired) electrons. The molecule has 1 heterocycles. The number of nitrogens with zero attached hydrogens (tertiary/aromatic N) is 1. The highest BCUT2D eigenvalue weighted by Gasteiger charge is 2.61. The van der Waals surface area contributed by atoms with Crippen molar-refractivity contribution >= 4 is 23.5 Å². The van der Waals surface area contributed by atoms with Crippen LogP contribution in [-0.2, 0) is 9.59 Å². The Morgan fingerprint density at radius 1 is 0.893 bits per heavy atom. The average Bonchev–Trinajstić information content (AvgIpc) is 3.38. The fourth-order valence-electron chi connectivity index (χ4n) is 5.18. The molecule has 3 aliphatic rings. The van der Waals surface area contributed by atoms with E-state index in [2.05, 4.69) is 0 Å². The predicted molar refractivity (Wildman–Crippen MR) is 103 cm³/mol. The lowest BCUT2D eigenvalue weighted by Gasteiger charge is -2.19. The van der Waals surface area contributed by atoms with E-state index in [4.69, 9.17) is 4.74 Å². The van der Waals surface area contributed by atoms with Crippen LogP contribution in [0.4, 0.5) is 5.69 Å². The van der Waals surface area contributed by atoms with Crippen LogP contribution in [0.1, 0.15) is 35.2 Å². The van der Waals surface area contributed by atoms with Crippen molar-refractivity contribution in [2.45, 2.75) is 26.2 Å². The molecule has 2 saturated carbocycles. The first kappa shape index (κ1) is 17.2. The monoisotopic (exact) mass is 375 g/mol. The number of benzene rings is 2. The number of carbonyl (C=O) groups excluding carboxylic acids is 3. The molecule has 4 atom stereocenters. The third-order valence-electron chi connectivity index (χ3n) is 6.52. The number of aryl methyl sites for hydroxylation is 1. The summed E-state index contributed by atoms with van der Waals surface area (Å²) in [5.74, 6) is 0.307. The minimum atomic E-state index is -0.468. The quantitative estimate of drug-likeness (QED) is 0.466. The lowest BCUT2D eigenvalue weighted by molar-refractivity contribution is -0.123. The molecular weight excluding hydrogens is 354 g/mol. The first-order valence-electron chi connectivity index (χ1n) is 9.79. The molecule has 5 nitrogen and oxygen atoms in total. The Labute approximate surface area is 163 Å². The predicted octanol–water partition coefficient (Wildman–Crippen LogP) is 3.75. The maximum Gasteiger partial charge on any atom is 0.343 e. The second kappa shape index (κ2) is 6.30. The minimum absolute atomic E-state index is 0.0721. The zero-order chi connectivity index (χ0) is 19.4. The smallest absolute Gasteiger partial charge is 0.343 e. The fraction of sp³-hybridized carbons (Fsp3) is 0.348. The van der Waals surface area contributed by atoms with Crippen LogP contribution < -0.4 is 9.64 Å². The molecule has 28 heavy (non-hydrogen) atoms. The van der Waals surface area contributed by atoms with E-state index in [1.54, 1.807) is 36.4 Å². The van der Waals surface area contributed by atoms with Crippen molar-refractivity contribution in [1.29, 1.82) is 0 Å². The van der Waals surface area contributed by atoms with Crippen molar-refractivity contribution in [1.82, 2.24) is 0 Å². The Balaban J connectivity index is 1.34. The summed E-state index contributed by atoms with van der Waals surface area (Å²) in [6.45, 7) is 1.96. The number of ether oxygens (including phenoxy) is 1. The van der Waals surface area contributed by atoms with Gasteiger partial charge in [-0.25, -0.2) is 4.79 Å². The third kappa shape index (κ3) is 2.57. The number of imide groups is 1. The van der Waals surface area contributed by atoms with Crippen molar-refractivity contribution < 1.29 is 19.1 Å². The van der Waals surface area contributed by atoms with Gasteiger partial charge in [-0.3, -0.25) is 14.5 Å². The molecule has 142 valence electrons. The summed E-state index contributed by atoms with van der Waals surface area (Å²) in [5, 5.41) is 0. The summed E-state index contributed by atoms with van der Waals surface area (Å²) in [7, 11) is 0. The molecule has 2 amide bonds.